The highest BCUT2D eigenvalue weighted by Crippen LogP contribution is 2.37. The molecule has 0 saturated heterocycles. The average Bonchev–Trinajstić information content (AvgIpc) is 3.48. The first kappa shape index (κ1) is 28.0. The Bertz CT molecular complexity index is 1990. The highest BCUT2D eigenvalue weighted by molar-refractivity contribution is 7.07. The van der Waals surface area contributed by atoms with Crippen molar-refractivity contribution in [3.63, 3.8) is 0 Å². The maximum absolute atomic E-state index is 14.3. The van der Waals surface area contributed by atoms with Gasteiger partial charge in [-0.25, -0.2) is 14.2 Å². The van der Waals surface area contributed by atoms with Gasteiger partial charge in [-0.05, 0) is 48.4 Å². The van der Waals surface area contributed by atoms with Crippen molar-refractivity contribution in [2.75, 3.05) is 18.6 Å². The fourth-order valence-electron chi connectivity index (χ4n) is 5.38. The number of halogens is 1. The Morgan fingerprint density at radius 2 is 1.79 bits per heavy atom. The van der Waals surface area contributed by atoms with Gasteiger partial charge < -0.3 is 14.4 Å². The lowest BCUT2D eigenvalue weighted by molar-refractivity contribution is -0.138. The van der Waals surface area contributed by atoms with Crippen LogP contribution >= 0.6 is 11.3 Å². The molecule has 0 radical (unpaired) electrons. The number of ether oxygens (including phenoxy) is 2. The van der Waals surface area contributed by atoms with Gasteiger partial charge in [-0.2, -0.15) is 0 Å². The van der Waals surface area contributed by atoms with Crippen LogP contribution in [0.3, 0.4) is 0 Å². The van der Waals surface area contributed by atoms with Gasteiger partial charge in [0.05, 0.1) is 42.2 Å². The summed E-state index contributed by atoms with van der Waals surface area (Å²) in [5.41, 5.74) is 3.08. The molecule has 0 N–H and O–H groups in total. The minimum Gasteiger partial charge on any atom is -0.497 e. The van der Waals surface area contributed by atoms with Crippen molar-refractivity contribution in [2.24, 2.45) is 4.99 Å². The first-order valence-electron chi connectivity index (χ1n) is 13.4. The van der Waals surface area contributed by atoms with Crippen LogP contribution in [0.2, 0.25) is 0 Å². The van der Waals surface area contributed by atoms with Crippen molar-refractivity contribution in [1.29, 1.82) is 0 Å². The number of hydrogen-bond acceptors (Lipinski definition) is 7. The molecule has 0 bridgehead atoms. The van der Waals surface area contributed by atoms with E-state index in [4.69, 9.17) is 9.47 Å². The van der Waals surface area contributed by atoms with Crippen molar-refractivity contribution >= 4 is 34.5 Å². The number of allylic oxidation sites excluding steroid dienone is 1. The van der Waals surface area contributed by atoms with E-state index in [-0.39, 0.29) is 40.6 Å². The Kier molecular flexibility index (Phi) is 7.37. The van der Waals surface area contributed by atoms with Gasteiger partial charge in [0, 0.05) is 5.56 Å². The van der Waals surface area contributed by atoms with Crippen LogP contribution in [0.4, 0.5) is 10.1 Å². The van der Waals surface area contributed by atoms with Crippen LogP contribution in [-0.2, 0) is 20.9 Å². The summed E-state index contributed by atoms with van der Waals surface area (Å²) in [4.78, 5) is 48.2. The molecule has 216 valence electrons. The highest BCUT2D eigenvalue weighted by atomic mass is 32.1. The quantitative estimate of drug-likeness (QED) is 0.238. The molecular formula is C33H26FN3O5S. The number of thiazole rings is 1. The second-order valence-corrected chi connectivity index (χ2v) is 11.0. The van der Waals surface area contributed by atoms with E-state index >= 15 is 0 Å². The molecule has 0 aliphatic carbocycles. The van der Waals surface area contributed by atoms with E-state index in [9.17, 15) is 18.8 Å². The molecule has 4 aromatic rings. The lowest BCUT2D eigenvalue weighted by Gasteiger charge is -2.24. The molecular weight excluding hydrogens is 569 g/mol. The molecule has 2 aliphatic heterocycles. The molecule has 0 saturated carbocycles. The van der Waals surface area contributed by atoms with Crippen LogP contribution in [0, 0.1) is 5.82 Å². The largest absolute Gasteiger partial charge is 0.497 e. The number of fused-ring (bicyclic) bond motifs is 2. The predicted octanol–water partition coefficient (Wildman–Crippen LogP) is 4.03. The molecule has 1 amide bonds. The standard InChI is InChI=1S/C33H26FN3O5S/c1-4-17-42-32(40)26-19(2)35-33-37(28(26)21-11-15-23(41-3)16-12-21)31(39)29(43-33)27-24-7-5-6-8-25(24)36(30(27)38)18-20-9-13-22(34)14-10-20/h4-16,28H,1,17-18H2,2-3H3/b29-27-. The summed E-state index contributed by atoms with van der Waals surface area (Å²) in [6.45, 7) is 5.50. The lowest BCUT2D eigenvalue weighted by atomic mass is 9.96. The number of carbonyl (C=O) groups is 2. The number of rotatable bonds is 7. The number of amides is 1. The van der Waals surface area contributed by atoms with Crippen molar-refractivity contribution in [1.82, 2.24) is 4.57 Å². The second kappa shape index (κ2) is 11.3. The Balaban J connectivity index is 1.55. The van der Waals surface area contributed by atoms with Crippen LogP contribution in [0.5, 0.6) is 5.75 Å². The number of benzene rings is 3. The summed E-state index contributed by atoms with van der Waals surface area (Å²) in [5.74, 6) is -0.719. The Hall–Kier alpha value is -5.09. The number of methoxy groups -OCH3 is 1. The van der Waals surface area contributed by atoms with E-state index in [1.807, 2.05) is 18.2 Å². The maximum atomic E-state index is 14.3. The summed E-state index contributed by atoms with van der Waals surface area (Å²) in [7, 11) is 1.55. The lowest BCUT2D eigenvalue weighted by Crippen LogP contribution is -2.41. The van der Waals surface area contributed by atoms with Crippen LogP contribution in [0.15, 0.2) is 107 Å². The molecule has 10 heteroatoms. The smallest absolute Gasteiger partial charge is 0.338 e. The molecule has 1 aromatic heterocycles. The molecule has 43 heavy (non-hydrogen) atoms. The normalized spacial score (nSPS) is 16.9. The Morgan fingerprint density at radius 3 is 2.49 bits per heavy atom. The van der Waals surface area contributed by atoms with E-state index in [1.54, 1.807) is 61.4 Å². The number of para-hydroxylation sites is 1. The van der Waals surface area contributed by atoms with Crippen LogP contribution in [0.25, 0.3) is 5.57 Å². The minimum absolute atomic E-state index is 0.00527. The van der Waals surface area contributed by atoms with Gasteiger partial charge in [0.1, 0.15) is 22.7 Å². The van der Waals surface area contributed by atoms with Crippen molar-refractivity contribution in [3.05, 3.63) is 139 Å². The molecule has 0 spiro atoms. The fraction of sp³-hybridized carbons (Fsp3) is 0.152. The molecule has 6 rings (SSSR count). The third-order valence-corrected chi connectivity index (χ3v) is 8.44. The molecule has 2 aliphatic rings. The summed E-state index contributed by atoms with van der Waals surface area (Å²) >= 11 is 1.10. The summed E-state index contributed by atoms with van der Waals surface area (Å²) < 4.78 is 25.9. The topological polar surface area (TPSA) is 90.2 Å². The van der Waals surface area contributed by atoms with Gasteiger partial charge in [-0.1, -0.05) is 66.5 Å². The van der Waals surface area contributed by atoms with Gasteiger partial charge in [-0.15, -0.1) is 0 Å². The molecule has 0 fully saturated rings. The van der Waals surface area contributed by atoms with Gasteiger partial charge in [0.2, 0.25) is 0 Å². The van der Waals surface area contributed by atoms with Crippen molar-refractivity contribution < 1.29 is 23.5 Å². The zero-order valence-corrected chi connectivity index (χ0v) is 24.2. The van der Waals surface area contributed by atoms with E-state index in [0.29, 0.717) is 33.1 Å². The summed E-state index contributed by atoms with van der Waals surface area (Å²) in [6.07, 6.45) is 1.47. The third kappa shape index (κ3) is 4.89. The van der Waals surface area contributed by atoms with Crippen LogP contribution in [0.1, 0.15) is 29.7 Å². The second-order valence-electron chi connectivity index (χ2n) is 9.97. The maximum Gasteiger partial charge on any atom is 0.338 e. The highest BCUT2D eigenvalue weighted by Gasteiger charge is 2.37. The molecule has 1 atom stereocenters. The monoisotopic (exact) mass is 595 g/mol. The molecule has 3 aromatic carbocycles. The van der Waals surface area contributed by atoms with Gasteiger partial charge in [0.15, 0.2) is 4.80 Å². The van der Waals surface area contributed by atoms with Crippen LogP contribution < -0.4 is 24.5 Å². The SMILES string of the molecule is C=CCOC(=O)C1=C(C)N=c2s/c(=C3\C(=O)N(Cc4ccc(F)cc4)c4ccccc43)c(=O)n2C1c1ccc(OC)cc1. The van der Waals surface area contributed by atoms with E-state index in [2.05, 4.69) is 11.6 Å². The molecule has 8 nitrogen and oxygen atoms in total. The molecule has 1 unspecified atom stereocenters. The van der Waals surface area contributed by atoms with Gasteiger partial charge >= 0.3 is 5.97 Å². The van der Waals surface area contributed by atoms with Crippen molar-refractivity contribution in [3.8, 4) is 5.75 Å². The zero-order chi connectivity index (χ0) is 30.2. The first-order valence-corrected chi connectivity index (χ1v) is 14.3. The average molecular weight is 596 g/mol. The summed E-state index contributed by atoms with van der Waals surface area (Å²) in [5, 5.41) is 0. The zero-order valence-electron chi connectivity index (χ0n) is 23.4. The van der Waals surface area contributed by atoms with E-state index < -0.39 is 17.6 Å². The predicted molar refractivity (Wildman–Crippen MR) is 161 cm³/mol. The fourth-order valence-corrected chi connectivity index (χ4v) is 6.51. The van der Waals surface area contributed by atoms with Gasteiger partial charge in [0.25, 0.3) is 11.5 Å². The third-order valence-electron chi connectivity index (χ3n) is 7.39. The number of nitrogens with zero attached hydrogens (tertiary/aromatic N) is 3. The van der Waals surface area contributed by atoms with Gasteiger partial charge in [-0.3, -0.25) is 14.2 Å². The molecule has 3 heterocycles. The van der Waals surface area contributed by atoms with Crippen molar-refractivity contribution in [2.45, 2.75) is 19.5 Å². The Morgan fingerprint density at radius 1 is 1.07 bits per heavy atom. The number of carbonyl (C=O) groups excluding carboxylic acids is 2. The minimum atomic E-state index is -0.851. The van der Waals surface area contributed by atoms with E-state index in [0.717, 1.165) is 16.9 Å². The first-order chi connectivity index (χ1) is 20.8. The number of hydrogen-bond donors (Lipinski definition) is 0. The van der Waals surface area contributed by atoms with E-state index in [1.165, 1.54) is 22.8 Å². The Labute approximate surface area is 250 Å². The van der Waals surface area contributed by atoms with Crippen LogP contribution in [-0.4, -0.2) is 30.2 Å². The summed E-state index contributed by atoms with van der Waals surface area (Å²) in [6, 6.07) is 19.4. The number of aromatic nitrogens is 1. The number of anilines is 1. The number of esters is 1.